The number of aliphatic carboxylic acids is 1. The van der Waals surface area contributed by atoms with Gasteiger partial charge >= 0.3 is 12.1 Å². The lowest BCUT2D eigenvalue weighted by Gasteiger charge is -2.09. The molecule has 3 rings (SSSR count). The van der Waals surface area contributed by atoms with Gasteiger partial charge in [0.05, 0.1) is 5.56 Å². The molecule has 0 aromatic heterocycles. The Kier molecular flexibility index (Phi) is 5.21. The molecule has 1 aliphatic rings. The Hall–Kier alpha value is -2.83. The SMILES string of the molecule is O=C(O)CCc1cccc(NC(=O)C2CC2c2cccc(C(F)(F)F)c2)c1. The molecule has 1 fully saturated rings. The molecular formula is C20H18F3NO3. The second-order valence-corrected chi connectivity index (χ2v) is 6.66. The van der Waals surface area contributed by atoms with Crippen LogP contribution in [-0.4, -0.2) is 17.0 Å². The number of anilines is 1. The Morgan fingerprint density at radius 3 is 2.56 bits per heavy atom. The zero-order chi connectivity index (χ0) is 19.6. The van der Waals surface area contributed by atoms with Gasteiger partial charge in [-0.25, -0.2) is 0 Å². The van der Waals surface area contributed by atoms with Gasteiger partial charge in [0.25, 0.3) is 0 Å². The zero-order valence-corrected chi connectivity index (χ0v) is 14.3. The minimum atomic E-state index is -4.40. The fraction of sp³-hybridized carbons (Fsp3) is 0.300. The van der Waals surface area contributed by atoms with E-state index >= 15 is 0 Å². The van der Waals surface area contributed by atoms with Crippen molar-refractivity contribution in [2.75, 3.05) is 5.32 Å². The van der Waals surface area contributed by atoms with E-state index in [1.807, 2.05) is 0 Å². The van der Waals surface area contributed by atoms with Gasteiger partial charge < -0.3 is 10.4 Å². The van der Waals surface area contributed by atoms with Crippen LogP contribution in [0, 0.1) is 5.92 Å². The Balaban J connectivity index is 1.62. The topological polar surface area (TPSA) is 66.4 Å². The normalized spacial score (nSPS) is 18.8. The Morgan fingerprint density at radius 1 is 1.11 bits per heavy atom. The first-order valence-corrected chi connectivity index (χ1v) is 8.53. The van der Waals surface area contributed by atoms with E-state index in [1.165, 1.54) is 6.07 Å². The van der Waals surface area contributed by atoms with E-state index in [2.05, 4.69) is 5.32 Å². The van der Waals surface area contributed by atoms with Crippen LogP contribution in [0.15, 0.2) is 48.5 Å². The number of carbonyl (C=O) groups excluding carboxylic acids is 1. The maximum absolute atomic E-state index is 12.8. The first-order chi connectivity index (χ1) is 12.7. The summed E-state index contributed by atoms with van der Waals surface area (Å²) < 4.78 is 38.5. The quantitative estimate of drug-likeness (QED) is 0.781. The summed E-state index contributed by atoms with van der Waals surface area (Å²) in [4.78, 5) is 23.0. The highest BCUT2D eigenvalue weighted by Gasteiger charge is 2.44. The van der Waals surface area contributed by atoms with Gasteiger partial charge in [-0.1, -0.05) is 30.3 Å². The van der Waals surface area contributed by atoms with E-state index < -0.39 is 17.7 Å². The predicted molar refractivity (Wildman–Crippen MR) is 93.3 cm³/mol. The van der Waals surface area contributed by atoms with Gasteiger partial charge in [-0.15, -0.1) is 0 Å². The van der Waals surface area contributed by atoms with Crippen LogP contribution in [0.1, 0.15) is 35.4 Å². The standard InChI is InChI=1S/C20H18F3NO3/c21-20(22,23)14-5-2-4-13(10-14)16-11-17(16)19(27)24-15-6-1-3-12(9-15)7-8-18(25)26/h1-6,9-10,16-17H,7-8,11H2,(H,24,27)(H,25,26). The lowest BCUT2D eigenvalue weighted by molar-refractivity contribution is -0.138. The van der Waals surface area contributed by atoms with Crippen LogP contribution >= 0.6 is 0 Å². The van der Waals surface area contributed by atoms with Crippen molar-refractivity contribution in [1.29, 1.82) is 0 Å². The van der Waals surface area contributed by atoms with Crippen LogP contribution in [0.25, 0.3) is 0 Å². The van der Waals surface area contributed by atoms with Crippen molar-refractivity contribution in [3.63, 3.8) is 0 Å². The molecule has 0 aliphatic heterocycles. The highest BCUT2D eigenvalue weighted by atomic mass is 19.4. The van der Waals surface area contributed by atoms with Gasteiger partial charge in [0.1, 0.15) is 0 Å². The average molecular weight is 377 g/mol. The fourth-order valence-electron chi connectivity index (χ4n) is 3.09. The van der Waals surface area contributed by atoms with Crippen molar-refractivity contribution in [2.45, 2.75) is 31.4 Å². The molecule has 1 saturated carbocycles. The van der Waals surface area contributed by atoms with E-state index in [-0.39, 0.29) is 24.2 Å². The molecule has 1 aliphatic carbocycles. The minimum absolute atomic E-state index is 0.00234. The summed E-state index contributed by atoms with van der Waals surface area (Å²) in [6.07, 6.45) is -3.54. The van der Waals surface area contributed by atoms with Gasteiger partial charge in [-0.3, -0.25) is 9.59 Å². The summed E-state index contributed by atoms with van der Waals surface area (Å²) in [5.74, 6) is -1.72. The summed E-state index contributed by atoms with van der Waals surface area (Å²) in [7, 11) is 0. The average Bonchev–Trinajstić information content (AvgIpc) is 3.41. The minimum Gasteiger partial charge on any atom is -0.481 e. The van der Waals surface area contributed by atoms with Crippen LogP contribution in [0.2, 0.25) is 0 Å². The molecule has 7 heteroatoms. The molecule has 1 amide bonds. The summed E-state index contributed by atoms with van der Waals surface area (Å²) in [5.41, 5.74) is 1.15. The van der Waals surface area contributed by atoms with Crippen molar-refractivity contribution in [3.8, 4) is 0 Å². The molecule has 27 heavy (non-hydrogen) atoms. The first-order valence-electron chi connectivity index (χ1n) is 8.53. The highest BCUT2D eigenvalue weighted by molar-refractivity contribution is 5.95. The number of carboxylic acid groups (broad SMARTS) is 1. The van der Waals surface area contributed by atoms with Crippen LogP contribution in [0.3, 0.4) is 0 Å². The summed E-state index contributed by atoms with van der Waals surface area (Å²) in [5, 5.41) is 11.5. The van der Waals surface area contributed by atoms with Crippen LogP contribution in [-0.2, 0) is 22.2 Å². The third-order valence-electron chi connectivity index (χ3n) is 4.59. The van der Waals surface area contributed by atoms with Crippen molar-refractivity contribution in [2.24, 2.45) is 5.92 Å². The third-order valence-corrected chi connectivity index (χ3v) is 4.59. The Morgan fingerprint density at radius 2 is 1.85 bits per heavy atom. The lowest BCUT2D eigenvalue weighted by atomic mass is 10.0. The molecular weight excluding hydrogens is 359 g/mol. The Labute approximate surface area is 154 Å². The smallest absolute Gasteiger partial charge is 0.416 e. The molecule has 0 heterocycles. The number of amides is 1. The number of carboxylic acids is 1. The molecule has 2 aromatic carbocycles. The number of benzene rings is 2. The lowest BCUT2D eigenvalue weighted by Crippen LogP contribution is -2.15. The number of carbonyl (C=O) groups is 2. The molecule has 2 aromatic rings. The van der Waals surface area contributed by atoms with Crippen molar-refractivity contribution < 1.29 is 27.9 Å². The van der Waals surface area contributed by atoms with E-state index in [4.69, 9.17) is 5.11 Å². The molecule has 2 N–H and O–H groups in total. The summed E-state index contributed by atoms with van der Waals surface area (Å²) >= 11 is 0. The molecule has 2 unspecified atom stereocenters. The van der Waals surface area contributed by atoms with E-state index in [9.17, 15) is 22.8 Å². The van der Waals surface area contributed by atoms with Gasteiger partial charge in [0.2, 0.25) is 5.91 Å². The number of alkyl halides is 3. The van der Waals surface area contributed by atoms with Crippen LogP contribution in [0.5, 0.6) is 0 Å². The highest BCUT2D eigenvalue weighted by Crippen LogP contribution is 2.48. The molecule has 4 nitrogen and oxygen atoms in total. The Bertz CT molecular complexity index is 864. The molecule has 2 atom stereocenters. The molecule has 0 radical (unpaired) electrons. The summed E-state index contributed by atoms with van der Waals surface area (Å²) in [6.45, 7) is 0. The van der Waals surface area contributed by atoms with Crippen molar-refractivity contribution in [3.05, 3.63) is 65.2 Å². The van der Waals surface area contributed by atoms with Gasteiger partial charge in [-0.2, -0.15) is 13.2 Å². The van der Waals surface area contributed by atoms with Gasteiger partial charge in [0, 0.05) is 18.0 Å². The number of halogens is 3. The largest absolute Gasteiger partial charge is 0.481 e. The number of hydrogen-bond donors (Lipinski definition) is 2. The van der Waals surface area contributed by atoms with Gasteiger partial charge in [-0.05, 0) is 48.1 Å². The van der Waals surface area contributed by atoms with E-state index in [0.717, 1.165) is 17.7 Å². The monoisotopic (exact) mass is 377 g/mol. The van der Waals surface area contributed by atoms with Crippen molar-refractivity contribution in [1.82, 2.24) is 0 Å². The summed E-state index contributed by atoms with van der Waals surface area (Å²) in [6, 6.07) is 12.0. The number of aryl methyl sites for hydroxylation is 1. The second-order valence-electron chi connectivity index (χ2n) is 6.66. The molecule has 142 valence electrons. The van der Waals surface area contributed by atoms with Crippen LogP contribution < -0.4 is 5.32 Å². The molecule has 0 spiro atoms. The third kappa shape index (κ3) is 4.87. The van der Waals surface area contributed by atoms with E-state index in [0.29, 0.717) is 24.1 Å². The number of hydrogen-bond acceptors (Lipinski definition) is 2. The second kappa shape index (κ2) is 7.42. The van der Waals surface area contributed by atoms with Gasteiger partial charge in [0.15, 0.2) is 0 Å². The fourth-order valence-corrected chi connectivity index (χ4v) is 3.09. The maximum Gasteiger partial charge on any atom is 0.416 e. The predicted octanol–water partition coefficient (Wildman–Crippen LogP) is 4.46. The molecule has 0 bridgehead atoms. The first kappa shape index (κ1) is 18.9. The van der Waals surface area contributed by atoms with Crippen molar-refractivity contribution >= 4 is 17.6 Å². The molecule has 0 saturated heterocycles. The van der Waals surface area contributed by atoms with Crippen LogP contribution in [0.4, 0.5) is 18.9 Å². The van der Waals surface area contributed by atoms with E-state index in [1.54, 1.807) is 30.3 Å². The number of nitrogens with one attached hydrogen (secondary N) is 1. The number of rotatable bonds is 6. The zero-order valence-electron chi connectivity index (χ0n) is 14.3. The maximum atomic E-state index is 12.8.